The summed E-state index contributed by atoms with van der Waals surface area (Å²) in [5, 5.41) is 0. The van der Waals surface area contributed by atoms with E-state index in [4.69, 9.17) is 0 Å². The van der Waals surface area contributed by atoms with E-state index in [2.05, 4.69) is 4.98 Å². The molecule has 0 spiro atoms. The van der Waals surface area contributed by atoms with Crippen molar-refractivity contribution in [2.45, 2.75) is 25.4 Å². The van der Waals surface area contributed by atoms with Crippen molar-refractivity contribution < 1.29 is 13.6 Å². The van der Waals surface area contributed by atoms with Gasteiger partial charge >= 0.3 is 0 Å². The molecule has 0 N–H and O–H groups in total. The molecule has 1 aromatic heterocycles. The molecule has 0 unspecified atom stereocenters. The van der Waals surface area contributed by atoms with Gasteiger partial charge in [-0.2, -0.15) is 0 Å². The maximum absolute atomic E-state index is 13.7. The fraction of sp³-hybridized carbons (Fsp3) is 0.250. The minimum atomic E-state index is -0.618. The Balaban J connectivity index is 1.83. The van der Waals surface area contributed by atoms with Crippen LogP contribution >= 0.6 is 0 Å². The van der Waals surface area contributed by atoms with Gasteiger partial charge < -0.3 is 4.90 Å². The number of hydrogen-bond donors (Lipinski definition) is 0. The molecule has 3 nitrogen and oxygen atoms in total. The SMILES string of the molecule is O=C(c1ccncc1F)N(Cc1ccc(F)cc1)C1CC1. The van der Waals surface area contributed by atoms with Gasteiger partial charge in [-0.15, -0.1) is 0 Å². The number of rotatable bonds is 4. The Labute approximate surface area is 121 Å². The van der Waals surface area contributed by atoms with Crippen molar-refractivity contribution in [2.75, 3.05) is 0 Å². The number of carbonyl (C=O) groups excluding carboxylic acids is 1. The van der Waals surface area contributed by atoms with Crippen LogP contribution in [0.1, 0.15) is 28.8 Å². The molecule has 1 aliphatic carbocycles. The molecule has 2 aromatic rings. The second kappa shape index (κ2) is 5.60. The van der Waals surface area contributed by atoms with Gasteiger partial charge in [-0.05, 0) is 36.6 Å². The molecule has 0 bridgehead atoms. The molecule has 5 heteroatoms. The molecule has 21 heavy (non-hydrogen) atoms. The molecule has 3 rings (SSSR count). The normalized spacial score (nSPS) is 14.0. The van der Waals surface area contributed by atoms with Gasteiger partial charge in [-0.1, -0.05) is 12.1 Å². The average Bonchev–Trinajstić information content (AvgIpc) is 3.31. The Morgan fingerprint density at radius 2 is 1.90 bits per heavy atom. The van der Waals surface area contributed by atoms with Crippen LogP contribution in [-0.4, -0.2) is 21.8 Å². The second-order valence-electron chi connectivity index (χ2n) is 5.15. The summed E-state index contributed by atoms with van der Waals surface area (Å²) >= 11 is 0. The molecule has 0 saturated heterocycles. The quantitative estimate of drug-likeness (QED) is 0.865. The maximum atomic E-state index is 13.7. The Morgan fingerprint density at radius 3 is 2.52 bits per heavy atom. The van der Waals surface area contributed by atoms with Crippen LogP contribution < -0.4 is 0 Å². The van der Waals surface area contributed by atoms with E-state index in [0.29, 0.717) is 6.54 Å². The summed E-state index contributed by atoms with van der Waals surface area (Å²) in [6.07, 6.45) is 4.27. The zero-order valence-corrected chi connectivity index (χ0v) is 11.3. The lowest BCUT2D eigenvalue weighted by molar-refractivity contribution is 0.0725. The highest BCUT2D eigenvalue weighted by atomic mass is 19.1. The fourth-order valence-corrected chi connectivity index (χ4v) is 2.24. The summed E-state index contributed by atoms with van der Waals surface area (Å²) in [5.74, 6) is -1.28. The molecule has 1 amide bonds. The Hall–Kier alpha value is -2.30. The first-order valence-electron chi connectivity index (χ1n) is 6.80. The summed E-state index contributed by atoms with van der Waals surface area (Å²) < 4.78 is 26.7. The highest BCUT2D eigenvalue weighted by Gasteiger charge is 2.34. The van der Waals surface area contributed by atoms with Crippen molar-refractivity contribution in [1.29, 1.82) is 0 Å². The van der Waals surface area contributed by atoms with Crippen molar-refractivity contribution in [2.24, 2.45) is 0 Å². The molecule has 1 saturated carbocycles. The van der Waals surface area contributed by atoms with Crippen molar-refractivity contribution in [1.82, 2.24) is 9.88 Å². The number of pyridine rings is 1. The molecular formula is C16H14F2N2O. The van der Waals surface area contributed by atoms with E-state index in [1.54, 1.807) is 17.0 Å². The number of benzene rings is 1. The van der Waals surface area contributed by atoms with E-state index >= 15 is 0 Å². The van der Waals surface area contributed by atoms with Gasteiger partial charge in [-0.25, -0.2) is 8.78 Å². The average molecular weight is 288 g/mol. The summed E-state index contributed by atoms with van der Waals surface area (Å²) in [7, 11) is 0. The zero-order chi connectivity index (χ0) is 14.8. The van der Waals surface area contributed by atoms with Gasteiger partial charge in [0, 0.05) is 18.8 Å². The smallest absolute Gasteiger partial charge is 0.257 e. The second-order valence-corrected chi connectivity index (χ2v) is 5.15. The van der Waals surface area contributed by atoms with Crippen LogP contribution in [0.5, 0.6) is 0 Å². The van der Waals surface area contributed by atoms with E-state index in [0.717, 1.165) is 24.6 Å². The minimum absolute atomic E-state index is 0.0269. The fourth-order valence-electron chi connectivity index (χ4n) is 2.24. The Kier molecular flexibility index (Phi) is 3.64. The largest absolute Gasteiger partial charge is 0.331 e. The van der Waals surface area contributed by atoms with Crippen molar-refractivity contribution in [3.05, 3.63) is 65.5 Å². The molecule has 1 heterocycles. The zero-order valence-electron chi connectivity index (χ0n) is 11.3. The van der Waals surface area contributed by atoms with Crippen molar-refractivity contribution in [3.63, 3.8) is 0 Å². The number of halogens is 2. The topological polar surface area (TPSA) is 33.2 Å². The lowest BCUT2D eigenvalue weighted by Crippen LogP contribution is -2.33. The minimum Gasteiger partial charge on any atom is -0.331 e. The highest BCUT2D eigenvalue weighted by molar-refractivity contribution is 5.94. The van der Waals surface area contributed by atoms with E-state index in [1.807, 2.05) is 0 Å². The molecule has 0 radical (unpaired) electrons. The summed E-state index contributed by atoms with van der Waals surface area (Å²) in [6.45, 7) is 0.353. The van der Waals surface area contributed by atoms with Gasteiger partial charge in [0.1, 0.15) is 5.82 Å². The van der Waals surface area contributed by atoms with E-state index in [1.165, 1.54) is 24.4 Å². The van der Waals surface area contributed by atoms with Gasteiger partial charge in [-0.3, -0.25) is 9.78 Å². The highest BCUT2D eigenvalue weighted by Crippen LogP contribution is 2.30. The summed E-state index contributed by atoms with van der Waals surface area (Å²) in [4.78, 5) is 17.8. The van der Waals surface area contributed by atoms with Crippen LogP contribution in [0.15, 0.2) is 42.7 Å². The first-order chi connectivity index (χ1) is 10.1. The van der Waals surface area contributed by atoms with Crippen LogP contribution in [0.4, 0.5) is 8.78 Å². The molecule has 1 fully saturated rings. The van der Waals surface area contributed by atoms with E-state index in [-0.39, 0.29) is 23.3 Å². The van der Waals surface area contributed by atoms with Gasteiger partial charge in [0.2, 0.25) is 0 Å². The molecule has 108 valence electrons. The van der Waals surface area contributed by atoms with Gasteiger partial charge in [0.25, 0.3) is 5.91 Å². The number of amides is 1. The van der Waals surface area contributed by atoms with Gasteiger partial charge in [0.15, 0.2) is 5.82 Å². The predicted octanol–water partition coefficient (Wildman–Crippen LogP) is 3.16. The Bertz CT molecular complexity index is 654. The molecule has 0 aliphatic heterocycles. The third-order valence-corrected chi connectivity index (χ3v) is 3.52. The first kappa shape index (κ1) is 13.7. The van der Waals surface area contributed by atoms with Crippen LogP contribution in [0.3, 0.4) is 0 Å². The monoisotopic (exact) mass is 288 g/mol. The first-order valence-corrected chi connectivity index (χ1v) is 6.80. The number of hydrogen-bond acceptors (Lipinski definition) is 2. The standard InChI is InChI=1S/C16H14F2N2O/c17-12-3-1-11(2-4-12)10-20(13-5-6-13)16(21)14-7-8-19-9-15(14)18/h1-4,7-9,13H,5-6,10H2. The number of carbonyl (C=O) groups is 1. The molecule has 1 aliphatic rings. The van der Waals surface area contributed by atoms with Crippen molar-refractivity contribution >= 4 is 5.91 Å². The maximum Gasteiger partial charge on any atom is 0.257 e. The Morgan fingerprint density at radius 1 is 1.19 bits per heavy atom. The summed E-state index contributed by atoms with van der Waals surface area (Å²) in [5.41, 5.74) is 0.852. The lowest BCUT2D eigenvalue weighted by atomic mass is 10.1. The molecular weight excluding hydrogens is 274 g/mol. The third-order valence-electron chi connectivity index (χ3n) is 3.52. The van der Waals surface area contributed by atoms with Crippen LogP contribution in [0.25, 0.3) is 0 Å². The number of aromatic nitrogens is 1. The van der Waals surface area contributed by atoms with Crippen LogP contribution in [-0.2, 0) is 6.54 Å². The van der Waals surface area contributed by atoms with Crippen molar-refractivity contribution in [3.8, 4) is 0 Å². The molecule has 0 atom stereocenters. The summed E-state index contributed by atoms with van der Waals surface area (Å²) in [6, 6.07) is 7.52. The predicted molar refractivity (Wildman–Crippen MR) is 73.5 cm³/mol. The van der Waals surface area contributed by atoms with Crippen LogP contribution in [0.2, 0.25) is 0 Å². The third kappa shape index (κ3) is 3.07. The molecule has 1 aromatic carbocycles. The van der Waals surface area contributed by atoms with E-state index in [9.17, 15) is 13.6 Å². The van der Waals surface area contributed by atoms with E-state index < -0.39 is 5.82 Å². The van der Waals surface area contributed by atoms with Gasteiger partial charge in [0.05, 0.1) is 11.8 Å². The lowest BCUT2D eigenvalue weighted by Gasteiger charge is -2.22. The van der Waals surface area contributed by atoms with Crippen LogP contribution in [0, 0.1) is 11.6 Å². The number of nitrogens with zero attached hydrogens (tertiary/aromatic N) is 2.